The van der Waals surface area contributed by atoms with Crippen molar-refractivity contribution in [2.24, 2.45) is 0 Å². The van der Waals surface area contributed by atoms with Crippen LogP contribution in [0.2, 0.25) is 0 Å². The number of fused-ring (bicyclic) bond motifs is 1. The number of carbonyl (C=O) groups is 1. The molecule has 0 radical (unpaired) electrons. The van der Waals surface area contributed by atoms with Gasteiger partial charge in [-0.2, -0.15) is 0 Å². The van der Waals surface area contributed by atoms with E-state index in [0.29, 0.717) is 13.0 Å². The van der Waals surface area contributed by atoms with E-state index in [9.17, 15) is 4.79 Å². The van der Waals surface area contributed by atoms with Crippen molar-refractivity contribution in [3.05, 3.63) is 48.7 Å². The van der Waals surface area contributed by atoms with Crippen LogP contribution in [0, 0.1) is 0 Å². The zero-order valence-electron chi connectivity index (χ0n) is 13.3. The van der Waals surface area contributed by atoms with Gasteiger partial charge in [-0.1, -0.05) is 6.07 Å². The van der Waals surface area contributed by atoms with E-state index >= 15 is 0 Å². The largest absolute Gasteiger partial charge is 0.497 e. The molecule has 122 valence electrons. The molecular formula is C18H18N4O2. The molecule has 1 saturated heterocycles. The summed E-state index contributed by atoms with van der Waals surface area (Å²) in [6, 6.07) is 13.5. The Morgan fingerprint density at radius 1 is 1.29 bits per heavy atom. The molecule has 3 heterocycles. The Bertz CT molecular complexity index is 889. The van der Waals surface area contributed by atoms with Gasteiger partial charge in [-0.05, 0) is 30.3 Å². The fourth-order valence-electron chi connectivity index (χ4n) is 3.05. The molecule has 0 spiro atoms. The number of amides is 1. The first kappa shape index (κ1) is 14.6. The number of aromatic nitrogens is 2. The van der Waals surface area contributed by atoms with Crippen molar-refractivity contribution in [2.75, 3.05) is 23.9 Å². The Morgan fingerprint density at radius 2 is 2.21 bits per heavy atom. The maximum Gasteiger partial charge on any atom is 0.229 e. The number of pyridine rings is 1. The Hall–Kier alpha value is -3.02. The van der Waals surface area contributed by atoms with Crippen LogP contribution in [0.25, 0.3) is 11.0 Å². The summed E-state index contributed by atoms with van der Waals surface area (Å²) in [5.74, 6) is 1.62. The third kappa shape index (κ3) is 2.67. The molecule has 24 heavy (non-hydrogen) atoms. The minimum atomic E-state index is 0.0311. The number of benzene rings is 1. The first-order chi connectivity index (χ1) is 11.7. The van der Waals surface area contributed by atoms with E-state index in [2.05, 4.69) is 15.3 Å². The van der Waals surface area contributed by atoms with Crippen molar-refractivity contribution in [3.63, 3.8) is 0 Å². The molecular weight excluding hydrogens is 304 g/mol. The van der Waals surface area contributed by atoms with E-state index in [1.165, 1.54) is 0 Å². The molecule has 1 fully saturated rings. The summed E-state index contributed by atoms with van der Waals surface area (Å²) in [4.78, 5) is 21.8. The Balaban J connectivity index is 1.50. The summed E-state index contributed by atoms with van der Waals surface area (Å²) in [6.07, 6.45) is 2.31. The molecule has 0 aliphatic carbocycles. The number of ether oxygens (including phenoxy) is 1. The summed E-state index contributed by atoms with van der Waals surface area (Å²) in [5, 5.41) is 4.43. The smallest absolute Gasteiger partial charge is 0.229 e. The SMILES string of the molecule is COc1cccc(N2CC(Nc3ccc4cc[nH]c4n3)CC2=O)c1. The van der Waals surface area contributed by atoms with Crippen molar-refractivity contribution in [1.29, 1.82) is 0 Å². The summed E-state index contributed by atoms with van der Waals surface area (Å²) in [5.41, 5.74) is 1.70. The van der Waals surface area contributed by atoms with Crippen LogP contribution in [-0.2, 0) is 4.79 Å². The van der Waals surface area contributed by atoms with Crippen LogP contribution >= 0.6 is 0 Å². The topological polar surface area (TPSA) is 70.2 Å². The quantitative estimate of drug-likeness (QED) is 0.775. The molecule has 1 atom stereocenters. The van der Waals surface area contributed by atoms with Crippen molar-refractivity contribution < 1.29 is 9.53 Å². The number of aromatic amines is 1. The highest BCUT2D eigenvalue weighted by atomic mass is 16.5. The molecule has 0 saturated carbocycles. The number of H-pyrrole nitrogens is 1. The van der Waals surface area contributed by atoms with Crippen LogP contribution in [0.5, 0.6) is 5.75 Å². The maximum atomic E-state index is 12.4. The van der Waals surface area contributed by atoms with Crippen molar-refractivity contribution >= 4 is 28.4 Å². The molecule has 4 rings (SSSR count). The predicted octanol–water partition coefficient (Wildman–Crippen LogP) is 2.79. The van der Waals surface area contributed by atoms with E-state index in [-0.39, 0.29) is 11.9 Å². The molecule has 1 unspecified atom stereocenters. The van der Waals surface area contributed by atoms with Gasteiger partial charge in [0.15, 0.2) is 0 Å². The fourth-order valence-corrected chi connectivity index (χ4v) is 3.05. The average Bonchev–Trinajstić information content (AvgIpc) is 3.21. The number of anilines is 2. The van der Waals surface area contributed by atoms with E-state index in [1.54, 1.807) is 12.0 Å². The lowest BCUT2D eigenvalue weighted by Gasteiger charge is -2.18. The van der Waals surface area contributed by atoms with Gasteiger partial charge < -0.3 is 19.9 Å². The number of nitrogens with zero attached hydrogens (tertiary/aromatic N) is 2. The molecule has 2 N–H and O–H groups in total. The molecule has 0 bridgehead atoms. The van der Waals surface area contributed by atoms with Crippen LogP contribution in [0.1, 0.15) is 6.42 Å². The highest BCUT2D eigenvalue weighted by molar-refractivity contribution is 5.96. The minimum absolute atomic E-state index is 0.0311. The van der Waals surface area contributed by atoms with E-state index in [1.807, 2.05) is 48.7 Å². The lowest BCUT2D eigenvalue weighted by molar-refractivity contribution is -0.117. The van der Waals surface area contributed by atoms with Crippen molar-refractivity contribution in [2.45, 2.75) is 12.5 Å². The number of hydrogen-bond acceptors (Lipinski definition) is 4. The van der Waals surface area contributed by atoms with Gasteiger partial charge in [0, 0.05) is 36.3 Å². The fraction of sp³-hybridized carbons (Fsp3) is 0.222. The highest BCUT2D eigenvalue weighted by Gasteiger charge is 2.31. The first-order valence-electron chi connectivity index (χ1n) is 7.88. The summed E-state index contributed by atoms with van der Waals surface area (Å²) in [7, 11) is 1.62. The maximum absolute atomic E-state index is 12.4. The second kappa shape index (κ2) is 5.88. The number of hydrogen-bond donors (Lipinski definition) is 2. The molecule has 1 aliphatic rings. The zero-order chi connectivity index (χ0) is 16.5. The molecule has 6 heteroatoms. The summed E-state index contributed by atoms with van der Waals surface area (Å²) >= 11 is 0. The van der Waals surface area contributed by atoms with E-state index in [4.69, 9.17) is 4.74 Å². The molecule has 1 aromatic carbocycles. The predicted molar refractivity (Wildman–Crippen MR) is 93.5 cm³/mol. The highest BCUT2D eigenvalue weighted by Crippen LogP contribution is 2.26. The van der Waals surface area contributed by atoms with Crippen LogP contribution in [-0.4, -0.2) is 35.6 Å². The minimum Gasteiger partial charge on any atom is -0.497 e. The summed E-state index contributed by atoms with van der Waals surface area (Å²) in [6.45, 7) is 0.608. The van der Waals surface area contributed by atoms with E-state index < -0.39 is 0 Å². The number of nitrogens with one attached hydrogen (secondary N) is 2. The second-order valence-corrected chi connectivity index (χ2v) is 5.86. The van der Waals surface area contributed by atoms with Gasteiger partial charge in [0.25, 0.3) is 0 Å². The Kier molecular flexibility index (Phi) is 3.57. The van der Waals surface area contributed by atoms with Gasteiger partial charge in [0.2, 0.25) is 5.91 Å². The molecule has 1 aliphatic heterocycles. The van der Waals surface area contributed by atoms with Gasteiger partial charge >= 0.3 is 0 Å². The van der Waals surface area contributed by atoms with Crippen LogP contribution in [0.4, 0.5) is 11.5 Å². The lowest BCUT2D eigenvalue weighted by Crippen LogP contribution is -2.27. The normalized spacial score (nSPS) is 17.5. The van der Waals surface area contributed by atoms with Crippen LogP contribution in [0.15, 0.2) is 48.7 Å². The number of rotatable bonds is 4. The van der Waals surface area contributed by atoms with Gasteiger partial charge in [-0.25, -0.2) is 4.98 Å². The van der Waals surface area contributed by atoms with E-state index in [0.717, 1.165) is 28.3 Å². The summed E-state index contributed by atoms with van der Waals surface area (Å²) < 4.78 is 5.24. The third-order valence-corrected chi connectivity index (χ3v) is 4.25. The van der Waals surface area contributed by atoms with Gasteiger partial charge in [-0.15, -0.1) is 0 Å². The molecule has 1 amide bonds. The van der Waals surface area contributed by atoms with Gasteiger partial charge in [0.1, 0.15) is 17.2 Å². The average molecular weight is 322 g/mol. The Labute approximate surface area is 139 Å². The Morgan fingerprint density at radius 3 is 3.08 bits per heavy atom. The molecule has 3 aromatic rings. The van der Waals surface area contributed by atoms with Gasteiger partial charge in [0.05, 0.1) is 13.2 Å². The first-order valence-corrected chi connectivity index (χ1v) is 7.88. The monoisotopic (exact) mass is 322 g/mol. The molecule has 6 nitrogen and oxygen atoms in total. The van der Waals surface area contributed by atoms with Crippen LogP contribution < -0.4 is 15.0 Å². The number of carbonyl (C=O) groups excluding carboxylic acids is 1. The van der Waals surface area contributed by atoms with Crippen molar-refractivity contribution in [3.8, 4) is 5.75 Å². The zero-order valence-corrected chi connectivity index (χ0v) is 13.3. The third-order valence-electron chi connectivity index (χ3n) is 4.25. The van der Waals surface area contributed by atoms with Crippen LogP contribution in [0.3, 0.4) is 0 Å². The molecule has 2 aromatic heterocycles. The standard InChI is InChI=1S/C18H18N4O2/c1-24-15-4-2-3-14(10-15)22-11-13(9-17(22)23)20-16-6-5-12-7-8-19-18(12)21-16/h2-8,10,13H,9,11H2,1H3,(H2,19,20,21). The number of methoxy groups -OCH3 is 1. The lowest BCUT2D eigenvalue weighted by atomic mass is 10.2. The van der Waals surface area contributed by atoms with Gasteiger partial charge in [-0.3, -0.25) is 4.79 Å². The van der Waals surface area contributed by atoms with Crippen molar-refractivity contribution in [1.82, 2.24) is 9.97 Å². The second-order valence-electron chi connectivity index (χ2n) is 5.86.